The smallest absolute Gasteiger partial charge is 0.408 e. The molecule has 1 aliphatic rings. The number of carboxylic acid groups (broad SMARTS) is 1. The van der Waals surface area contributed by atoms with Crippen LogP contribution in [-0.4, -0.2) is 49.4 Å². The molecule has 1 aliphatic heterocycles. The summed E-state index contributed by atoms with van der Waals surface area (Å²) in [5.74, 6) is 0.568. The van der Waals surface area contributed by atoms with Crippen LogP contribution in [-0.2, 0) is 9.59 Å². The molecule has 0 aliphatic carbocycles. The van der Waals surface area contributed by atoms with Crippen LogP contribution >= 0.6 is 23.5 Å². The zero-order chi connectivity index (χ0) is 15.5. The van der Waals surface area contributed by atoms with Crippen molar-refractivity contribution >= 4 is 40.5 Å². The summed E-state index contributed by atoms with van der Waals surface area (Å²) in [5, 5.41) is 8.89. The van der Waals surface area contributed by atoms with E-state index in [1.165, 1.54) is 23.6 Å². The molecule has 1 N–H and O–H groups in total. The van der Waals surface area contributed by atoms with Crippen molar-refractivity contribution in [1.29, 1.82) is 0 Å². The molecule has 0 aromatic heterocycles. The zero-order valence-electron chi connectivity index (χ0n) is 12.2. The van der Waals surface area contributed by atoms with E-state index in [1.54, 1.807) is 6.92 Å². The van der Waals surface area contributed by atoms with Crippen molar-refractivity contribution in [3.05, 3.63) is 0 Å². The summed E-state index contributed by atoms with van der Waals surface area (Å²) >= 11 is 2.52. The van der Waals surface area contributed by atoms with Gasteiger partial charge in [-0.15, -0.1) is 11.8 Å². The van der Waals surface area contributed by atoms with Gasteiger partial charge >= 0.3 is 6.09 Å². The van der Waals surface area contributed by atoms with Crippen molar-refractivity contribution in [1.82, 2.24) is 4.90 Å². The number of nitrogens with zero attached hydrogens (tertiary/aromatic N) is 1. The molecule has 5 nitrogen and oxygen atoms in total. The third-order valence-corrected chi connectivity index (χ3v) is 6.33. The summed E-state index contributed by atoms with van der Waals surface area (Å²) in [6.45, 7) is 7.01. The van der Waals surface area contributed by atoms with Crippen molar-refractivity contribution in [2.75, 3.05) is 11.6 Å². The van der Waals surface area contributed by atoms with Gasteiger partial charge < -0.3 is 5.11 Å². The van der Waals surface area contributed by atoms with Gasteiger partial charge in [-0.1, -0.05) is 25.6 Å². The van der Waals surface area contributed by atoms with Crippen LogP contribution in [0.4, 0.5) is 4.79 Å². The van der Waals surface area contributed by atoms with Crippen LogP contribution in [0, 0.1) is 5.92 Å². The fourth-order valence-electron chi connectivity index (χ4n) is 2.24. The first-order chi connectivity index (χ1) is 9.24. The molecule has 3 atom stereocenters. The number of hydrogen-bond acceptors (Lipinski definition) is 5. The molecule has 0 aromatic rings. The number of thioether (sulfide) groups is 2. The molecule has 20 heavy (non-hydrogen) atoms. The first-order valence-electron chi connectivity index (χ1n) is 6.53. The lowest BCUT2D eigenvalue weighted by atomic mass is 9.87. The van der Waals surface area contributed by atoms with E-state index >= 15 is 0 Å². The molecule has 1 amide bonds. The predicted octanol–water partition coefficient (Wildman–Crippen LogP) is 2.69. The minimum Gasteiger partial charge on any atom is -0.465 e. The van der Waals surface area contributed by atoms with Crippen LogP contribution in [0.15, 0.2) is 0 Å². The topological polar surface area (TPSA) is 74.7 Å². The van der Waals surface area contributed by atoms with Gasteiger partial charge in [0.15, 0.2) is 10.9 Å². The highest BCUT2D eigenvalue weighted by atomic mass is 32.2. The molecule has 3 unspecified atom stereocenters. The molecule has 0 spiro atoms. The molecular weight excluding hydrogens is 298 g/mol. The van der Waals surface area contributed by atoms with E-state index in [0.717, 1.165) is 11.8 Å². The highest BCUT2D eigenvalue weighted by Crippen LogP contribution is 2.42. The van der Waals surface area contributed by atoms with Crippen LogP contribution < -0.4 is 0 Å². The Hall–Kier alpha value is -0.690. The Kier molecular flexibility index (Phi) is 5.94. The summed E-state index contributed by atoms with van der Waals surface area (Å²) in [4.78, 5) is 36.1. The van der Waals surface area contributed by atoms with Crippen molar-refractivity contribution in [3.63, 3.8) is 0 Å². The molecule has 1 heterocycles. The van der Waals surface area contributed by atoms with Gasteiger partial charge in [0, 0.05) is 18.6 Å². The normalized spacial score (nSPS) is 27.4. The third kappa shape index (κ3) is 3.49. The van der Waals surface area contributed by atoms with Gasteiger partial charge in [-0.2, -0.15) is 0 Å². The lowest BCUT2D eigenvalue weighted by Crippen LogP contribution is -2.52. The lowest BCUT2D eigenvalue weighted by Gasteiger charge is -2.36. The maximum absolute atomic E-state index is 12.5. The monoisotopic (exact) mass is 319 g/mol. The van der Waals surface area contributed by atoms with E-state index in [1.807, 2.05) is 13.8 Å². The van der Waals surface area contributed by atoms with Crippen LogP contribution in [0.25, 0.3) is 0 Å². The Morgan fingerprint density at radius 2 is 2.10 bits per heavy atom. The first-order valence-corrected chi connectivity index (χ1v) is 8.56. The molecule has 0 saturated carbocycles. The van der Waals surface area contributed by atoms with Crippen molar-refractivity contribution < 1.29 is 19.5 Å². The SMILES string of the molecule is CCC1(C)C(C(=O)C(C)CSC(C)=O)SCN1C(=O)O. The summed E-state index contributed by atoms with van der Waals surface area (Å²) in [6.07, 6.45) is -0.391. The van der Waals surface area contributed by atoms with Crippen molar-refractivity contribution in [3.8, 4) is 0 Å². The van der Waals surface area contributed by atoms with E-state index in [4.69, 9.17) is 0 Å². The molecule has 0 radical (unpaired) electrons. The minimum absolute atomic E-state index is 0.00543. The lowest BCUT2D eigenvalue weighted by molar-refractivity contribution is -0.123. The summed E-state index contributed by atoms with van der Waals surface area (Å²) in [7, 11) is 0. The Balaban J connectivity index is 2.82. The summed E-state index contributed by atoms with van der Waals surface area (Å²) in [6, 6.07) is 0. The van der Waals surface area contributed by atoms with Crippen molar-refractivity contribution in [2.24, 2.45) is 5.92 Å². The van der Waals surface area contributed by atoms with E-state index < -0.39 is 11.6 Å². The maximum atomic E-state index is 12.5. The molecule has 1 saturated heterocycles. The highest BCUT2D eigenvalue weighted by molar-refractivity contribution is 8.13. The molecule has 1 fully saturated rings. The van der Waals surface area contributed by atoms with Gasteiger partial charge in [-0.3, -0.25) is 14.5 Å². The Morgan fingerprint density at radius 1 is 1.50 bits per heavy atom. The zero-order valence-corrected chi connectivity index (χ0v) is 13.8. The van der Waals surface area contributed by atoms with Gasteiger partial charge in [0.2, 0.25) is 0 Å². The van der Waals surface area contributed by atoms with E-state index in [0.29, 0.717) is 18.1 Å². The second-order valence-corrected chi connectivity index (χ2v) is 7.46. The molecule has 0 aromatic carbocycles. The van der Waals surface area contributed by atoms with Crippen LogP contribution in [0.5, 0.6) is 0 Å². The predicted molar refractivity (Wildman–Crippen MR) is 82.1 cm³/mol. The number of carbonyl (C=O) groups is 3. The van der Waals surface area contributed by atoms with Crippen LogP contribution in [0.1, 0.15) is 34.1 Å². The fourth-order valence-corrected chi connectivity index (χ4v) is 4.64. The van der Waals surface area contributed by atoms with E-state index in [-0.39, 0.29) is 22.1 Å². The van der Waals surface area contributed by atoms with E-state index in [9.17, 15) is 19.5 Å². The van der Waals surface area contributed by atoms with E-state index in [2.05, 4.69) is 0 Å². The van der Waals surface area contributed by atoms with Crippen molar-refractivity contribution in [2.45, 2.75) is 44.9 Å². The first kappa shape index (κ1) is 17.4. The number of ketones is 1. The second kappa shape index (κ2) is 6.85. The largest absolute Gasteiger partial charge is 0.465 e. The Morgan fingerprint density at radius 3 is 2.55 bits per heavy atom. The number of hydrogen-bond donors (Lipinski definition) is 1. The Labute approximate surface area is 127 Å². The van der Waals surface area contributed by atoms with Gasteiger partial charge in [0.05, 0.1) is 16.7 Å². The number of rotatable bonds is 5. The number of carbonyl (C=O) groups excluding carboxylic acids is 2. The number of amides is 1. The molecule has 1 rings (SSSR count). The quantitative estimate of drug-likeness (QED) is 0.840. The minimum atomic E-state index is -0.983. The average molecular weight is 319 g/mol. The Bertz CT molecular complexity index is 415. The number of Topliss-reactive ketones (excluding diaryl/α,β-unsaturated/α-hetero) is 1. The molecular formula is C13H21NO4S2. The van der Waals surface area contributed by atoms with Gasteiger partial charge in [0.25, 0.3) is 0 Å². The highest BCUT2D eigenvalue weighted by Gasteiger charge is 2.50. The molecule has 7 heteroatoms. The van der Waals surface area contributed by atoms with Gasteiger partial charge in [0.1, 0.15) is 0 Å². The third-order valence-electron chi connectivity index (χ3n) is 3.78. The molecule has 114 valence electrons. The van der Waals surface area contributed by atoms with Crippen LogP contribution in [0.3, 0.4) is 0 Å². The van der Waals surface area contributed by atoms with Gasteiger partial charge in [-0.25, -0.2) is 4.79 Å². The average Bonchev–Trinajstić information content (AvgIpc) is 2.73. The molecule has 0 bridgehead atoms. The second-order valence-electron chi connectivity index (χ2n) is 5.20. The van der Waals surface area contributed by atoms with Crippen LogP contribution in [0.2, 0.25) is 0 Å². The van der Waals surface area contributed by atoms with Gasteiger partial charge in [-0.05, 0) is 13.3 Å². The summed E-state index contributed by atoms with van der Waals surface area (Å²) < 4.78 is 0. The maximum Gasteiger partial charge on any atom is 0.408 e. The fraction of sp³-hybridized carbons (Fsp3) is 0.769. The standard InChI is InChI=1S/C13H21NO4S2/c1-5-13(4)11(20-7-14(13)12(17)18)10(16)8(2)6-19-9(3)15/h8,11H,5-7H2,1-4H3,(H,17,18). The summed E-state index contributed by atoms with van der Waals surface area (Å²) in [5.41, 5.74) is -0.664.